The van der Waals surface area contributed by atoms with Crippen molar-refractivity contribution in [1.82, 2.24) is 4.98 Å². The minimum atomic E-state index is -0.00106. The van der Waals surface area contributed by atoms with E-state index >= 15 is 0 Å². The van der Waals surface area contributed by atoms with Crippen molar-refractivity contribution in [2.45, 2.75) is 13.3 Å². The number of fused-ring (bicyclic) bond motifs is 1. The molecule has 1 N–H and O–H groups in total. The average molecular weight is 178 g/mol. The van der Waals surface area contributed by atoms with Crippen LogP contribution in [-0.4, -0.2) is 18.0 Å². The number of aromatic nitrogens is 1. The highest BCUT2D eigenvalue weighted by molar-refractivity contribution is 5.98. The molecule has 2 rings (SSSR count). The highest BCUT2D eigenvalue weighted by atomic mass is 16.5. The van der Waals surface area contributed by atoms with Gasteiger partial charge in [-0.05, 0) is 6.92 Å². The first-order valence-electron chi connectivity index (χ1n) is 4.04. The Morgan fingerprint density at radius 1 is 1.62 bits per heavy atom. The van der Waals surface area contributed by atoms with Gasteiger partial charge in [-0.2, -0.15) is 0 Å². The molecular formula is C9H10N2O2. The molecule has 4 heteroatoms. The number of pyridine rings is 1. The van der Waals surface area contributed by atoms with E-state index in [-0.39, 0.29) is 5.91 Å². The summed E-state index contributed by atoms with van der Waals surface area (Å²) >= 11 is 0. The van der Waals surface area contributed by atoms with Crippen LogP contribution < -0.4 is 10.1 Å². The van der Waals surface area contributed by atoms with Crippen LogP contribution in [0.2, 0.25) is 0 Å². The summed E-state index contributed by atoms with van der Waals surface area (Å²) < 4.78 is 5.10. The number of ether oxygens (including phenoxy) is 1. The van der Waals surface area contributed by atoms with E-state index < -0.39 is 0 Å². The molecule has 1 aromatic heterocycles. The van der Waals surface area contributed by atoms with E-state index in [0.717, 1.165) is 16.9 Å². The summed E-state index contributed by atoms with van der Waals surface area (Å²) in [6.07, 6.45) is 2.03. The standard InChI is InChI=1S/C9H10N2O2/c1-5-6-3-8(12)11-9(6)10-4-7(5)13-2/h4H,3H2,1-2H3,(H,10,11,12). The number of anilines is 1. The number of hydrogen-bond donors (Lipinski definition) is 1. The normalized spacial score (nSPS) is 13.8. The van der Waals surface area contributed by atoms with Crippen molar-refractivity contribution in [3.63, 3.8) is 0 Å². The van der Waals surface area contributed by atoms with E-state index in [1.807, 2.05) is 6.92 Å². The Hall–Kier alpha value is -1.58. The molecule has 1 amide bonds. The highest BCUT2D eigenvalue weighted by Crippen LogP contribution is 2.29. The van der Waals surface area contributed by atoms with Crippen LogP contribution in [0.15, 0.2) is 6.20 Å². The second-order valence-corrected chi connectivity index (χ2v) is 3.00. The van der Waals surface area contributed by atoms with Crippen LogP contribution in [0.3, 0.4) is 0 Å². The molecule has 0 bridgehead atoms. The Morgan fingerprint density at radius 2 is 2.38 bits per heavy atom. The first kappa shape index (κ1) is 8.04. The van der Waals surface area contributed by atoms with E-state index in [4.69, 9.17) is 4.74 Å². The van der Waals surface area contributed by atoms with E-state index in [1.165, 1.54) is 0 Å². The van der Waals surface area contributed by atoms with Crippen LogP contribution in [-0.2, 0) is 11.2 Å². The molecular weight excluding hydrogens is 168 g/mol. The molecule has 0 saturated carbocycles. The maximum absolute atomic E-state index is 11.1. The smallest absolute Gasteiger partial charge is 0.230 e. The Kier molecular flexibility index (Phi) is 1.69. The predicted molar refractivity (Wildman–Crippen MR) is 47.9 cm³/mol. The van der Waals surface area contributed by atoms with Crippen LogP contribution in [0, 0.1) is 6.92 Å². The lowest BCUT2D eigenvalue weighted by Gasteiger charge is -2.06. The molecule has 4 nitrogen and oxygen atoms in total. The van der Waals surface area contributed by atoms with E-state index in [2.05, 4.69) is 10.3 Å². The zero-order valence-electron chi connectivity index (χ0n) is 7.55. The Balaban J connectivity index is 2.54. The molecule has 0 aromatic carbocycles. The van der Waals surface area contributed by atoms with Gasteiger partial charge in [0.15, 0.2) is 0 Å². The van der Waals surface area contributed by atoms with Gasteiger partial charge in [-0.25, -0.2) is 4.98 Å². The van der Waals surface area contributed by atoms with Crippen LogP contribution in [0.25, 0.3) is 0 Å². The predicted octanol–water partition coefficient (Wildman–Crippen LogP) is 0.893. The lowest BCUT2D eigenvalue weighted by atomic mass is 10.1. The minimum absolute atomic E-state index is 0.00106. The average Bonchev–Trinajstić information content (AvgIpc) is 2.47. The number of carbonyl (C=O) groups excluding carboxylic acids is 1. The lowest BCUT2D eigenvalue weighted by Crippen LogP contribution is -2.04. The van der Waals surface area contributed by atoms with Crippen molar-refractivity contribution in [2.24, 2.45) is 0 Å². The van der Waals surface area contributed by atoms with Crippen molar-refractivity contribution in [3.8, 4) is 5.75 Å². The fourth-order valence-electron chi connectivity index (χ4n) is 1.49. The summed E-state index contributed by atoms with van der Waals surface area (Å²) in [6, 6.07) is 0. The Morgan fingerprint density at radius 3 is 3.08 bits per heavy atom. The van der Waals surface area contributed by atoms with Crippen molar-refractivity contribution in [2.75, 3.05) is 12.4 Å². The third-order valence-electron chi connectivity index (χ3n) is 2.23. The van der Waals surface area contributed by atoms with Gasteiger partial charge in [0.2, 0.25) is 5.91 Å². The molecule has 0 aliphatic carbocycles. The van der Waals surface area contributed by atoms with Crippen LogP contribution in [0.4, 0.5) is 5.82 Å². The Labute approximate surface area is 75.9 Å². The van der Waals surface area contributed by atoms with E-state index in [0.29, 0.717) is 12.2 Å². The van der Waals surface area contributed by atoms with Gasteiger partial charge in [0, 0.05) is 11.1 Å². The van der Waals surface area contributed by atoms with Gasteiger partial charge in [-0.1, -0.05) is 0 Å². The Bertz CT molecular complexity index is 374. The lowest BCUT2D eigenvalue weighted by molar-refractivity contribution is -0.115. The maximum Gasteiger partial charge on any atom is 0.230 e. The minimum Gasteiger partial charge on any atom is -0.495 e. The molecule has 13 heavy (non-hydrogen) atoms. The molecule has 1 aliphatic heterocycles. The van der Waals surface area contributed by atoms with Crippen molar-refractivity contribution >= 4 is 11.7 Å². The van der Waals surface area contributed by atoms with Gasteiger partial charge < -0.3 is 10.1 Å². The van der Waals surface area contributed by atoms with Gasteiger partial charge in [-0.15, -0.1) is 0 Å². The molecule has 1 aliphatic rings. The van der Waals surface area contributed by atoms with Crippen molar-refractivity contribution in [1.29, 1.82) is 0 Å². The molecule has 2 heterocycles. The summed E-state index contributed by atoms with van der Waals surface area (Å²) in [5.74, 6) is 1.40. The molecule has 0 radical (unpaired) electrons. The molecule has 68 valence electrons. The second-order valence-electron chi connectivity index (χ2n) is 3.00. The summed E-state index contributed by atoms with van der Waals surface area (Å²) in [5.41, 5.74) is 1.94. The largest absolute Gasteiger partial charge is 0.495 e. The summed E-state index contributed by atoms with van der Waals surface area (Å²) in [4.78, 5) is 15.1. The number of methoxy groups -OCH3 is 1. The zero-order valence-corrected chi connectivity index (χ0v) is 7.55. The van der Waals surface area contributed by atoms with Gasteiger partial charge in [0.05, 0.1) is 19.7 Å². The number of amides is 1. The summed E-state index contributed by atoms with van der Waals surface area (Å²) in [7, 11) is 1.60. The van der Waals surface area contributed by atoms with Gasteiger partial charge in [0.1, 0.15) is 11.6 Å². The van der Waals surface area contributed by atoms with E-state index in [1.54, 1.807) is 13.3 Å². The van der Waals surface area contributed by atoms with Crippen LogP contribution >= 0.6 is 0 Å². The SMILES string of the molecule is COc1cnc2c(c1C)CC(=O)N2. The fourth-order valence-corrected chi connectivity index (χ4v) is 1.49. The molecule has 1 aromatic rings. The summed E-state index contributed by atoms with van der Waals surface area (Å²) in [5, 5.41) is 2.68. The number of carbonyl (C=O) groups is 1. The molecule has 0 fully saturated rings. The maximum atomic E-state index is 11.1. The van der Waals surface area contributed by atoms with Gasteiger partial charge in [0.25, 0.3) is 0 Å². The first-order chi connectivity index (χ1) is 6.22. The topological polar surface area (TPSA) is 51.2 Å². The summed E-state index contributed by atoms with van der Waals surface area (Å²) in [6.45, 7) is 1.93. The molecule has 0 atom stereocenters. The molecule has 0 spiro atoms. The third-order valence-corrected chi connectivity index (χ3v) is 2.23. The number of nitrogens with one attached hydrogen (secondary N) is 1. The van der Waals surface area contributed by atoms with E-state index in [9.17, 15) is 4.79 Å². The molecule has 0 saturated heterocycles. The van der Waals surface area contributed by atoms with Gasteiger partial charge in [-0.3, -0.25) is 4.79 Å². The van der Waals surface area contributed by atoms with Crippen LogP contribution in [0.5, 0.6) is 5.75 Å². The van der Waals surface area contributed by atoms with Crippen LogP contribution in [0.1, 0.15) is 11.1 Å². The third kappa shape index (κ3) is 1.14. The first-order valence-corrected chi connectivity index (χ1v) is 4.04. The van der Waals surface area contributed by atoms with Crippen molar-refractivity contribution in [3.05, 3.63) is 17.3 Å². The zero-order chi connectivity index (χ0) is 9.42. The fraction of sp³-hybridized carbons (Fsp3) is 0.333. The number of hydrogen-bond acceptors (Lipinski definition) is 3. The number of rotatable bonds is 1. The number of nitrogens with zero attached hydrogens (tertiary/aromatic N) is 1. The quantitative estimate of drug-likeness (QED) is 0.694. The second kappa shape index (κ2) is 2.73. The monoisotopic (exact) mass is 178 g/mol. The molecule has 0 unspecified atom stereocenters. The van der Waals surface area contributed by atoms with Crippen molar-refractivity contribution < 1.29 is 9.53 Å². The highest BCUT2D eigenvalue weighted by Gasteiger charge is 2.22. The van der Waals surface area contributed by atoms with Gasteiger partial charge >= 0.3 is 0 Å².